The third-order valence-corrected chi connectivity index (χ3v) is 2.16. The molecular weight excluding hydrogens is 204 g/mol. The number of ether oxygens (including phenoxy) is 2. The number of nitrogens with two attached hydrogens (primary N) is 1. The predicted octanol–water partition coefficient (Wildman–Crippen LogP) is 1.48. The lowest BCUT2D eigenvalue weighted by Crippen LogP contribution is -2.16. The van der Waals surface area contributed by atoms with E-state index in [0.29, 0.717) is 23.3 Å². The van der Waals surface area contributed by atoms with Crippen LogP contribution in [0.3, 0.4) is 0 Å². The second kappa shape index (κ2) is 4.02. The van der Waals surface area contributed by atoms with E-state index in [1.54, 1.807) is 12.1 Å². The van der Waals surface area contributed by atoms with Crippen LogP contribution in [-0.2, 0) is 4.74 Å². The van der Waals surface area contributed by atoms with Gasteiger partial charge in [0.05, 0.1) is 13.2 Å². The number of halogens is 1. The topological polar surface area (TPSA) is 57.4 Å². The number of aromatic nitrogens is 1. The van der Waals surface area contributed by atoms with E-state index in [1.807, 2.05) is 0 Å². The molecule has 1 aromatic rings. The quantitative estimate of drug-likeness (QED) is 0.758. The van der Waals surface area contributed by atoms with Crippen LogP contribution in [-0.4, -0.2) is 24.3 Å². The van der Waals surface area contributed by atoms with Gasteiger partial charge in [-0.2, -0.15) is 0 Å². The normalized spacial score (nSPS) is 21.1. The summed E-state index contributed by atoms with van der Waals surface area (Å²) in [5.74, 6) is 0.463. The van der Waals surface area contributed by atoms with Gasteiger partial charge in [0.25, 0.3) is 0 Å². The van der Waals surface area contributed by atoms with E-state index in [2.05, 4.69) is 4.98 Å². The van der Waals surface area contributed by atoms with Crippen molar-refractivity contribution >= 4 is 17.3 Å². The van der Waals surface area contributed by atoms with Crippen LogP contribution >= 0.6 is 11.6 Å². The first kappa shape index (κ1) is 9.55. The van der Waals surface area contributed by atoms with Gasteiger partial charge in [-0.25, -0.2) is 4.98 Å². The van der Waals surface area contributed by atoms with Crippen LogP contribution in [0.15, 0.2) is 12.1 Å². The van der Waals surface area contributed by atoms with Gasteiger partial charge < -0.3 is 15.2 Å². The van der Waals surface area contributed by atoms with Gasteiger partial charge in [0.15, 0.2) is 0 Å². The molecule has 1 aliphatic rings. The maximum atomic E-state index is 5.73. The number of pyridine rings is 1. The van der Waals surface area contributed by atoms with Gasteiger partial charge in [-0.3, -0.25) is 0 Å². The van der Waals surface area contributed by atoms with Crippen molar-refractivity contribution in [2.45, 2.75) is 12.5 Å². The van der Waals surface area contributed by atoms with E-state index < -0.39 is 0 Å². The van der Waals surface area contributed by atoms with Gasteiger partial charge in [-0.1, -0.05) is 11.6 Å². The molecule has 1 saturated heterocycles. The molecule has 4 nitrogen and oxygen atoms in total. The molecule has 0 bridgehead atoms. The van der Waals surface area contributed by atoms with Gasteiger partial charge in [-0.15, -0.1) is 0 Å². The first-order valence-corrected chi connectivity index (χ1v) is 4.79. The highest BCUT2D eigenvalue weighted by Crippen LogP contribution is 2.20. The molecule has 14 heavy (non-hydrogen) atoms. The van der Waals surface area contributed by atoms with E-state index in [4.69, 9.17) is 26.8 Å². The molecule has 5 heteroatoms. The summed E-state index contributed by atoms with van der Waals surface area (Å²) in [6.07, 6.45) is 0.953. The fourth-order valence-corrected chi connectivity index (χ4v) is 1.54. The summed E-state index contributed by atoms with van der Waals surface area (Å²) in [4.78, 5) is 4.01. The van der Waals surface area contributed by atoms with Gasteiger partial charge >= 0.3 is 0 Å². The Morgan fingerprint density at radius 1 is 1.57 bits per heavy atom. The Morgan fingerprint density at radius 3 is 3.07 bits per heavy atom. The van der Waals surface area contributed by atoms with Crippen molar-refractivity contribution < 1.29 is 9.47 Å². The Kier molecular flexibility index (Phi) is 2.74. The van der Waals surface area contributed by atoms with Crippen molar-refractivity contribution in [3.63, 3.8) is 0 Å². The van der Waals surface area contributed by atoms with Crippen LogP contribution in [0, 0.1) is 0 Å². The van der Waals surface area contributed by atoms with E-state index in [-0.39, 0.29) is 6.10 Å². The van der Waals surface area contributed by atoms with Crippen molar-refractivity contribution in [1.29, 1.82) is 0 Å². The Labute approximate surface area is 87.0 Å². The van der Waals surface area contributed by atoms with Gasteiger partial charge in [0.2, 0.25) is 5.88 Å². The lowest BCUT2D eigenvalue weighted by Gasteiger charge is -2.10. The molecule has 2 rings (SSSR count). The van der Waals surface area contributed by atoms with Crippen LogP contribution in [0.25, 0.3) is 0 Å². The number of rotatable bonds is 2. The maximum absolute atomic E-state index is 5.73. The summed E-state index contributed by atoms with van der Waals surface area (Å²) in [7, 11) is 0. The highest BCUT2D eigenvalue weighted by Gasteiger charge is 2.17. The van der Waals surface area contributed by atoms with Gasteiger partial charge in [0, 0.05) is 18.2 Å². The average molecular weight is 215 g/mol. The standard InChI is InChI=1S/C9H11ClN2O2/c10-8-3-6(11)4-9(12-8)14-7-1-2-13-5-7/h3-4,7H,1-2,5H2,(H2,11,12). The van der Waals surface area contributed by atoms with E-state index in [0.717, 1.165) is 13.0 Å². The molecule has 0 saturated carbocycles. The molecule has 1 fully saturated rings. The molecule has 1 aromatic heterocycles. The number of nitrogen functional groups attached to an aromatic ring is 1. The van der Waals surface area contributed by atoms with Crippen molar-refractivity contribution in [2.75, 3.05) is 18.9 Å². The third-order valence-electron chi connectivity index (χ3n) is 1.97. The summed E-state index contributed by atoms with van der Waals surface area (Å²) in [5.41, 5.74) is 6.15. The smallest absolute Gasteiger partial charge is 0.217 e. The molecule has 0 amide bonds. The summed E-state index contributed by atoms with van der Waals surface area (Å²) in [6.45, 7) is 1.34. The highest BCUT2D eigenvalue weighted by atomic mass is 35.5. The highest BCUT2D eigenvalue weighted by molar-refractivity contribution is 6.29. The lowest BCUT2D eigenvalue weighted by molar-refractivity contribution is 0.138. The van der Waals surface area contributed by atoms with Crippen LogP contribution in [0.4, 0.5) is 5.69 Å². The monoisotopic (exact) mass is 214 g/mol. The SMILES string of the molecule is Nc1cc(Cl)nc(OC2CCOC2)c1. The minimum atomic E-state index is 0.0698. The molecule has 1 aliphatic heterocycles. The van der Waals surface area contributed by atoms with Crippen molar-refractivity contribution in [3.8, 4) is 5.88 Å². The van der Waals surface area contributed by atoms with Crippen LogP contribution in [0.1, 0.15) is 6.42 Å². The first-order chi connectivity index (χ1) is 6.74. The molecule has 76 valence electrons. The Morgan fingerprint density at radius 2 is 2.43 bits per heavy atom. The Bertz CT molecular complexity index is 306. The number of hydrogen-bond donors (Lipinski definition) is 1. The zero-order chi connectivity index (χ0) is 9.97. The molecule has 2 heterocycles. The van der Waals surface area contributed by atoms with Crippen molar-refractivity contribution in [3.05, 3.63) is 17.3 Å². The first-order valence-electron chi connectivity index (χ1n) is 4.41. The van der Waals surface area contributed by atoms with Gasteiger partial charge in [-0.05, 0) is 6.07 Å². The average Bonchev–Trinajstić information content (AvgIpc) is 2.54. The van der Waals surface area contributed by atoms with Crippen molar-refractivity contribution in [2.24, 2.45) is 0 Å². The molecular formula is C9H11ClN2O2. The van der Waals surface area contributed by atoms with E-state index in [9.17, 15) is 0 Å². The summed E-state index contributed by atoms with van der Waals surface area (Å²) < 4.78 is 10.7. The van der Waals surface area contributed by atoms with Crippen molar-refractivity contribution in [1.82, 2.24) is 4.98 Å². The van der Waals surface area contributed by atoms with Crippen LogP contribution in [0.5, 0.6) is 5.88 Å². The van der Waals surface area contributed by atoms with E-state index >= 15 is 0 Å². The number of hydrogen-bond acceptors (Lipinski definition) is 4. The molecule has 0 aliphatic carbocycles. The maximum Gasteiger partial charge on any atom is 0.217 e. The minimum Gasteiger partial charge on any atom is -0.472 e. The number of nitrogens with zero attached hydrogens (tertiary/aromatic N) is 1. The Hall–Kier alpha value is -1.00. The van der Waals surface area contributed by atoms with Crippen LogP contribution in [0.2, 0.25) is 5.15 Å². The number of anilines is 1. The molecule has 2 N–H and O–H groups in total. The lowest BCUT2D eigenvalue weighted by atomic mass is 10.3. The molecule has 1 unspecified atom stereocenters. The zero-order valence-corrected chi connectivity index (χ0v) is 8.33. The molecule has 0 radical (unpaired) electrons. The second-order valence-corrected chi connectivity index (χ2v) is 3.55. The zero-order valence-electron chi connectivity index (χ0n) is 7.57. The second-order valence-electron chi connectivity index (χ2n) is 3.16. The van der Waals surface area contributed by atoms with Gasteiger partial charge in [0.1, 0.15) is 11.3 Å². The molecule has 0 spiro atoms. The predicted molar refractivity (Wildman–Crippen MR) is 53.5 cm³/mol. The largest absolute Gasteiger partial charge is 0.472 e. The Balaban J connectivity index is 2.07. The fraction of sp³-hybridized carbons (Fsp3) is 0.444. The molecule has 1 atom stereocenters. The summed E-state index contributed by atoms with van der Waals surface area (Å²) in [6, 6.07) is 3.24. The van der Waals surface area contributed by atoms with Crippen LogP contribution < -0.4 is 10.5 Å². The third kappa shape index (κ3) is 2.27. The minimum absolute atomic E-state index is 0.0698. The summed E-state index contributed by atoms with van der Waals surface area (Å²) >= 11 is 5.73. The van der Waals surface area contributed by atoms with E-state index in [1.165, 1.54) is 0 Å². The summed E-state index contributed by atoms with van der Waals surface area (Å²) in [5, 5.41) is 0.346. The molecule has 0 aromatic carbocycles. The fourth-order valence-electron chi connectivity index (χ4n) is 1.33.